The Morgan fingerprint density at radius 3 is 2.78 bits per heavy atom. The molecule has 3 rings (SSSR count). The molecule has 0 radical (unpaired) electrons. The van der Waals surface area contributed by atoms with Crippen LogP contribution in [0.5, 0.6) is 5.75 Å². The smallest absolute Gasteiger partial charge is 0.272 e. The Hall–Kier alpha value is -2.53. The van der Waals surface area contributed by atoms with E-state index in [2.05, 4.69) is 10.3 Å². The number of amides is 1. The molecular formula is C17H14ClFN2O2. The molecule has 4 nitrogen and oxygen atoms in total. The summed E-state index contributed by atoms with van der Waals surface area (Å²) in [6, 6.07) is 9.31. The van der Waals surface area contributed by atoms with E-state index < -0.39 is 0 Å². The van der Waals surface area contributed by atoms with E-state index in [4.69, 9.17) is 16.3 Å². The molecule has 118 valence electrons. The van der Waals surface area contributed by atoms with Crippen LogP contribution >= 0.6 is 11.6 Å². The fourth-order valence-corrected chi connectivity index (χ4v) is 2.66. The second-order valence-electron chi connectivity index (χ2n) is 5.11. The number of aromatic amines is 1. The van der Waals surface area contributed by atoms with Crippen molar-refractivity contribution in [3.8, 4) is 5.75 Å². The second kappa shape index (κ2) is 5.93. The summed E-state index contributed by atoms with van der Waals surface area (Å²) in [5.41, 5.74) is 2.21. The minimum atomic E-state index is -0.348. The maximum atomic E-state index is 13.4. The van der Waals surface area contributed by atoms with Crippen molar-refractivity contribution < 1.29 is 13.9 Å². The summed E-state index contributed by atoms with van der Waals surface area (Å²) in [6.45, 7) is 1.77. The number of rotatable bonds is 3. The van der Waals surface area contributed by atoms with Gasteiger partial charge in [-0.05, 0) is 48.9 Å². The highest BCUT2D eigenvalue weighted by molar-refractivity contribution is 6.31. The molecule has 0 unspecified atom stereocenters. The zero-order chi connectivity index (χ0) is 16.6. The number of carbonyl (C=O) groups is 1. The molecule has 0 aliphatic heterocycles. The highest BCUT2D eigenvalue weighted by atomic mass is 35.5. The van der Waals surface area contributed by atoms with Crippen molar-refractivity contribution in [2.45, 2.75) is 6.92 Å². The Morgan fingerprint density at radius 2 is 2.04 bits per heavy atom. The van der Waals surface area contributed by atoms with E-state index in [1.165, 1.54) is 19.2 Å². The molecule has 2 aromatic carbocycles. The van der Waals surface area contributed by atoms with Gasteiger partial charge in [-0.3, -0.25) is 4.79 Å². The first-order chi connectivity index (χ1) is 11.0. The van der Waals surface area contributed by atoms with Crippen molar-refractivity contribution in [2.75, 3.05) is 12.4 Å². The first kappa shape index (κ1) is 15.4. The summed E-state index contributed by atoms with van der Waals surface area (Å²) in [7, 11) is 1.51. The van der Waals surface area contributed by atoms with Crippen LogP contribution in [0.2, 0.25) is 5.02 Å². The van der Waals surface area contributed by atoms with E-state index in [-0.39, 0.29) is 11.7 Å². The van der Waals surface area contributed by atoms with E-state index >= 15 is 0 Å². The molecule has 0 aliphatic rings. The van der Waals surface area contributed by atoms with Gasteiger partial charge < -0.3 is 15.0 Å². The van der Waals surface area contributed by atoms with Crippen molar-refractivity contribution in [3.05, 3.63) is 58.5 Å². The van der Waals surface area contributed by atoms with Crippen LogP contribution < -0.4 is 10.1 Å². The highest BCUT2D eigenvalue weighted by Gasteiger charge is 2.17. The van der Waals surface area contributed by atoms with Crippen LogP contribution in [0.4, 0.5) is 10.1 Å². The Labute approximate surface area is 137 Å². The molecule has 0 aliphatic carbocycles. The van der Waals surface area contributed by atoms with Crippen molar-refractivity contribution in [3.63, 3.8) is 0 Å². The lowest BCUT2D eigenvalue weighted by atomic mass is 10.1. The van der Waals surface area contributed by atoms with Gasteiger partial charge in [0.2, 0.25) is 0 Å². The molecule has 0 spiro atoms. The zero-order valence-corrected chi connectivity index (χ0v) is 13.3. The third-order valence-electron chi connectivity index (χ3n) is 3.66. The molecule has 1 aromatic heterocycles. The van der Waals surface area contributed by atoms with Gasteiger partial charge in [0.1, 0.15) is 17.3 Å². The largest absolute Gasteiger partial charge is 0.495 e. The summed E-state index contributed by atoms with van der Waals surface area (Å²) in [4.78, 5) is 15.5. The van der Waals surface area contributed by atoms with Gasteiger partial charge in [0.15, 0.2) is 0 Å². The normalized spacial score (nSPS) is 10.8. The number of hydrogen-bond donors (Lipinski definition) is 2. The van der Waals surface area contributed by atoms with Crippen LogP contribution in [0, 0.1) is 12.7 Å². The number of hydrogen-bond acceptors (Lipinski definition) is 2. The molecule has 0 fully saturated rings. The number of H-pyrrole nitrogens is 1. The van der Waals surface area contributed by atoms with Gasteiger partial charge in [0.05, 0.1) is 12.8 Å². The Bertz CT molecular complexity index is 905. The first-order valence-electron chi connectivity index (χ1n) is 6.92. The average Bonchev–Trinajstić information content (AvgIpc) is 2.84. The van der Waals surface area contributed by atoms with Crippen LogP contribution in [0.3, 0.4) is 0 Å². The van der Waals surface area contributed by atoms with Crippen LogP contribution in [0.25, 0.3) is 10.9 Å². The number of benzene rings is 2. The monoisotopic (exact) mass is 332 g/mol. The number of methoxy groups -OCH3 is 1. The van der Waals surface area contributed by atoms with E-state index in [1.807, 2.05) is 0 Å². The van der Waals surface area contributed by atoms with Crippen LogP contribution in [0.15, 0.2) is 36.4 Å². The average molecular weight is 333 g/mol. The number of aryl methyl sites for hydroxylation is 1. The topological polar surface area (TPSA) is 54.1 Å². The molecule has 6 heteroatoms. The van der Waals surface area contributed by atoms with E-state index in [9.17, 15) is 9.18 Å². The van der Waals surface area contributed by atoms with Gasteiger partial charge in [-0.2, -0.15) is 0 Å². The van der Waals surface area contributed by atoms with Gasteiger partial charge in [0.25, 0.3) is 5.91 Å². The number of nitrogens with one attached hydrogen (secondary N) is 2. The van der Waals surface area contributed by atoms with Gasteiger partial charge in [-0.1, -0.05) is 11.6 Å². The fourth-order valence-electron chi connectivity index (χ4n) is 2.49. The SMILES string of the molecule is COc1ccc(Cl)cc1NC(=O)c1[nH]c2ccc(F)cc2c1C. The molecular weight excluding hydrogens is 319 g/mol. The van der Waals surface area contributed by atoms with Crippen LogP contribution in [-0.2, 0) is 0 Å². The van der Waals surface area contributed by atoms with E-state index in [0.29, 0.717) is 38.6 Å². The van der Waals surface area contributed by atoms with Crippen molar-refractivity contribution in [2.24, 2.45) is 0 Å². The summed E-state index contributed by atoms with van der Waals surface area (Å²) in [5.74, 6) is -0.190. The molecule has 0 bridgehead atoms. The third kappa shape index (κ3) is 2.87. The Kier molecular flexibility index (Phi) is 3.96. The molecule has 1 heterocycles. The Morgan fingerprint density at radius 1 is 1.26 bits per heavy atom. The maximum absolute atomic E-state index is 13.4. The molecule has 0 saturated carbocycles. The predicted molar refractivity (Wildman–Crippen MR) is 89.0 cm³/mol. The van der Waals surface area contributed by atoms with Crippen molar-refractivity contribution in [1.29, 1.82) is 0 Å². The molecule has 23 heavy (non-hydrogen) atoms. The third-order valence-corrected chi connectivity index (χ3v) is 3.89. The Balaban J connectivity index is 1.98. The van der Waals surface area contributed by atoms with Gasteiger partial charge in [-0.15, -0.1) is 0 Å². The molecule has 0 atom stereocenters. The number of halogens is 2. The predicted octanol–water partition coefficient (Wildman–Crippen LogP) is 4.53. The van der Waals surface area contributed by atoms with E-state index in [1.54, 1.807) is 31.2 Å². The van der Waals surface area contributed by atoms with Gasteiger partial charge in [0, 0.05) is 15.9 Å². The fraction of sp³-hybridized carbons (Fsp3) is 0.118. The summed E-state index contributed by atoms with van der Waals surface area (Å²) >= 11 is 5.96. The molecule has 0 saturated heterocycles. The number of aromatic nitrogens is 1. The number of carbonyl (C=O) groups excluding carboxylic acids is 1. The number of ether oxygens (including phenoxy) is 1. The first-order valence-corrected chi connectivity index (χ1v) is 7.30. The summed E-state index contributed by atoms with van der Waals surface area (Å²) in [5, 5.41) is 3.92. The summed E-state index contributed by atoms with van der Waals surface area (Å²) in [6.07, 6.45) is 0. The summed E-state index contributed by atoms with van der Waals surface area (Å²) < 4.78 is 18.6. The number of anilines is 1. The quantitative estimate of drug-likeness (QED) is 0.740. The standard InChI is InChI=1S/C17H14ClFN2O2/c1-9-12-8-11(19)4-5-13(12)20-16(9)17(22)21-14-7-10(18)3-6-15(14)23-2/h3-8,20H,1-2H3,(H,21,22). The maximum Gasteiger partial charge on any atom is 0.272 e. The lowest BCUT2D eigenvalue weighted by molar-refractivity contribution is 0.102. The number of fused-ring (bicyclic) bond motifs is 1. The van der Waals surface area contributed by atoms with Gasteiger partial charge >= 0.3 is 0 Å². The lowest BCUT2D eigenvalue weighted by Gasteiger charge is -2.10. The van der Waals surface area contributed by atoms with Gasteiger partial charge in [-0.25, -0.2) is 4.39 Å². The van der Waals surface area contributed by atoms with E-state index in [0.717, 1.165) is 0 Å². The van der Waals surface area contributed by atoms with Crippen LogP contribution in [0.1, 0.15) is 16.1 Å². The molecule has 1 amide bonds. The van der Waals surface area contributed by atoms with Crippen LogP contribution in [-0.4, -0.2) is 18.0 Å². The highest BCUT2D eigenvalue weighted by Crippen LogP contribution is 2.29. The minimum absolute atomic E-state index is 0.344. The second-order valence-corrected chi connectivity index (χ2v) is 5.55. The lowest BCUT2D eigenvalue weighted by Crippen LogP contribution is -2.14. The zero-order valence-electron chi connectivity index (χ0n) is 12.5. The molecule has 3 aromatic rings. The van der Waals surface area contributed by atoms with Crippen molar-refractivity contribution in [1.82, 2.24) is 4.98 Å². The minimum Gasteiger partial charge on any atom is -0.495 e. The van der Waals surface area contributed by atoms with Crippen molar-refractivity contribution >= 4 is 34.1 Å². The molecule has 2 N–H and O–H groups in total.